The van der Waals surface area contributed by atoms with Gasteiger partial charge in [-0.2, -0.15) is 0 Å². The molecule has 1 amide bonds. The predicted octanol–water partition coefficient (Wildman–Crippen LogP) is 2.50. The number of carbonyl (C=O) groups is 1. The number of benzene rings is 1. The first-order valence-electron chi connectivity index (χ1n) is 8.60. The summed E-state index contributed by atoms with van der Waals surface area (Å²) in [7, 11) is 1.36. The average Bonchev–Trinajstić information content (AvgIpc) is 3.25. The van der Waals surface area contributed by atoms with Gasteiger partial charge in [0.2, 0.25) is 5.91 Å². The standard InChI is InChI=1S/C18H16N4O5S/c1-27-13-7-10(22(25)26)5-6-12(13)20-15(23)8-21-9-19-17-16(18(21)24)11-3-2-4-14(11)28-17/h5-7,9H,2-4,8H2,1H3,(H,20,23). The number of non-ortho nitro benzene ring substituents is 1. The number of methoxy groups -OCH3 is 1. The minimum Gasteiger partial charge on any atom is -0.494 e. The summed E-state index contributed by atoms with van der Waals surface area (Å²) >= 11 is 1.54. The number of nitrogens with one attached hydrogen (secondary N) is 1. The van der Waals surface area contributed by atoms with Gasteiger partial charge in [-0.05, 0) is 30.9 Å². The van der Waals surface area contributed by atoms with E-state index in [1.54, 1.807) is 11.3 Å². The zero-order chi connectivity index (χ0) is 19.8. The van der Waals surface area contributed by atoms with Gasteiger partial charge in [0, 0.05) is 10.9 Å². The number of fused-ring (bicyclic) bond motifs is 3. The van der Waals surface area contributed by atoms with Crippen LogP contribution in [0.1, 0.15) is 16.9 Å². The molecule has 0 aliphatic heterocycles. The van der Waals surface area contributed by atoms with E-state index in [2.05, 4.69) is 10.3 Å². The number of nitro benzene ring substituents is 1. The van der Waals surface area contributed by atoms with E-state index in [9.17, 15) is 19.7 Å². The van der Waals surface area contributed by atoms with E-state index in [1.807, 2.05) is 0 Å². The Morgan fingerprint density at radius 3 is 3.00 bits per heavy atom. The quantitative estimate of drug-likeness (QED) is 0.520. The van der Waals surface area contributed by atoms with E-state index in [-0.39, 0.29) is 29.2 Å². The van der Waals surface area contributed by atoms with Crippen LogP contribution in [-0.2, 0) is 24.2 Å². The van der Waals surface area contributed by atoms with Crippen molar-refractivity contribution in [1.82, 2.24) is 9.55 Å². The molecule has 3 aromatic rings. The molecule has 1 N–H and O–H groups in total. The summed E-state index contributed by atoms with van der Waals surface area (Å²) in [6.07, 6.45) is 4.24. The van der Waals surface area contributed by atoms with Crippen molar-refractivity contribution >= 4 is 38.8 Å². The number of nitro groups is 1. The van der Waals surface area contributed by atoms with Crippen molar-refractivity contribution in [3.8, 4) is 5.75 Å². The molecule has 0 unspecified atom stereocenters. The molecule has 0 fully saturated rings. The second-order valence-electron chi connectivity index (χ2n) is 6.40. The van der Waals surface area contributed by atoms with E-state index in [4.69, 9.17) is 4.74 Å². The van der Waals surface area contributed by atoms with Gasteiger partial charge in [-0.25, -0.2) is 4.98 Å². The maximum Gasteiger partial charge on any atom is 0.273 e. The maximum atomic E-state index is 12.8. The molecule has 4 rings (SSSR count). The number of carbonyl (C=O) groups excluding carboxylic acids is 1. The summed E-state index contributed by atoms with van der Waals surface area (Å²) in [5.41, 5.74) is 0.975. The highest BCUT2D eigenvalue weighted by atomic mass is 32.1. The fraction of sp³-hybridized carbons (Fsp3) is 0.278. The monoisotopic (exact) mass is 400 g/mol. The lowest BCUT2D eigenvalue weighted by molar-refractivity contribution is -0.384. The fourth-order valence-corrected chi connectivity index (χ4v) is 4.59. The second kappa shape index (κ2) is 7.04. The third-order valence-corrected chi connectivity index (χ3v) is 5.88. The molecule has 28 heavy (non-hydrogen) atoms. The van der Waals surface area contributed by atoms with Crippen LogP contribution >= 0.6 is 11.3 Å². The van der Waals surface area contributed by atoms with Gasteiger partial charge in [0.25, 0.3) is 11.2 Å². The van der Waals surface area contributed by atoms with Crippen molar-refractivity contribution in [3.05, 3.63) is 55.4 Å². The fourth-order valence-electron chi connectivity index (χ4n) is 3.37. The summed E-state index contributed by atoms with van der Waals surface area (Å²) in [5.74, 6) is -0.290. The SMILES string of the molecule is COc1cc([N+](=O)[O-])ccc1NC(=O)Cn1cnc2sc3c(c2c1=O)CCC3. The highest BCUT2D eigenvalue weighted by molar-refractivity contribution is 7.18. The van der Waals surface area contributed by atoms with E-state index < -0.39 is 10.8 Å². The molecule has 0 spiro atoms. The molecular weight excluding hydrogens is 384 g/mol. The first-order valence-corrected chi connectivity index (χ1v) is 9.41. The number of rotatable bonds is 5. The zero-order valence-corrected chi connectivity index (χ0v) is 15.7. The summed E-state index contributed by atoms with van der Waals surface area (Å²) in [5, 5.41) is 14.1. The second-order valence-corrected chi connectivity index (χ2v) is 7.49. The van der Waals surface area contributed by atoms with Crippen molar-refractivity contribution in [2.24, 2.45) is 0 Å². The summed E-state index contributed by atoms with van der Waals surface area (Å²) < 4.78 is 6.39. The summed E-state index contributed by atoms with van der Waals surface area (Å²) in [6.45, 7) is -0.216. The normalized spacial score (nSPS) is 12.8. The Morgan fingerprint density at radius 1 is 1.43 bits per heavy atom. The molecule has 0 atom stereocenters. The molecular formula is C18H16N4O5S. The van der Waals surface area contributed by atoms with Crippen molar-refractivity contribution < 1.29 is 14.5 Å². The van der Waals surface area contributed by atoms with Gasteiger partial charge in [0.1, 0.15) is 17.1 Å². The number of nitrogens with zero attached hydrogens (tertiary/aromatic N) is 3. The van der Waals surface area contributed by atoms with Crippen molar-refractivity contribution in [1.29, 1.82) is 0 Å². The van der Waals surface area contributed by atoms with Gasteiger partial charge >= 0.3 is 0 Å². The van der Waals surface area contributed by atoms with Crippen molar-refractivity contribution in [2.75, 3.05) is 12.4 Å². The molecule has 10 heteroatoms. The van der Waals surface area contributed by atoms with Gasteiger partial charge in [0.05, 0.1) is 35.5 Å². The third-order valence-electron chi connectivity index (χ3n) is 4.68. The maximum absolute atomic E-state index is 12.8. The van der Waals surface area contributed by atoms with Gasteiger partial charge < -0.3 is 10.1 Å². The number of aryl methyl sites for hydroxylation is 2. The molecule has 2 heterocycles. The Bertz CT molecular complexity index is 1170. The Labute approximate surface area is 162 Å². The van der Waals surface area contributed by atoms with E-state index in [1.165, 1.54) is 41.1 Å². The van der Waals surface area contributed by atoms with Crippen LogP contribution in [-0.4, -0.2) is 27.5 Å². The Morgan fingerprint density at radius 2 is 2.25 bits per heavy atom. The zero-order valence-electron chi connectivity index (χ0n) is 14.9. The van der Waals surface area contributed by atoms with Crippen molar-refractivity contribution in [2.45, 2.75) is 25.8 Å². The van der Waals surface area contributed by atoms with E-state index in [0.29, 0.717) is 10.2 Å². The van der Waals surface area contributed by atoms with Crippen LogP contribution in [0.15, 0.2) is 29.3 Å². The largest absolute Gasteiger partial charge is 0.494 e. The molecule has 1 aromatic carbocycles. The van der Waals surface area contributed by atoms with Crippen LogP contribution in [0, 0.1) is 10.1 Å². The Kier molecular flexibility index (Phi) is 4.55. The van der Waals surface area contributed by atoms with E-state index >= 15 is 0 Å². The smallest absolute Gasteiger partial charge is 0.273 e. The van der Waals surface area contributed by atoms with Crippen LogP contribution in [0.5, 0.6) is 5.75 Å². The third kappa shape index (κ3) is 3.11. The minimum absolute atomic E-state index is 0.146. The van der Waals surface area contributed by atoms with Crippen molar-refractivity contribution in [3.63, 3.8) is 0 Å². The van der Waals surface area contributed by atoms with Crippen LogP contribution in [0.25, 0.3) is 10.2 Å². The number of thiophene rings is 1. The van der Waals surface area contributed by atoms with Gasteiger partial charge in [-0.15, -0.1) is 11.3 Å². The van der Waals surface area contributed by atoms with Gasteiger partial charge in [0.15, 0.2) is 0 Å². The molecule has 0 saturated heterocycles. The van der Waals surface area contributed by atoms with Crippen LogP contribution in [0.3, 0.4) is 0 Å². The molecule has 1 aliphatic carbocycles. The number of anilines is 1. The summed E-state index contributed by atoms with van der Waals surface area (Å²) in [4.78, 5) is 41.8. The Hall–Kier alpha value is -3.27. The predicted molar refractivity (Wildman–Crippen MR) is 104 cm³/mol. The van der Waals surface area contributed by atoms with Gasteiger partial charge in [-0.3, -0.25) is 24.3 Å². The van der Waals surface area contributed by atoms with E-state index in [0.717, 1.165) is 24.8 Å². The molecule has 1 aliphatic rings. The molecule has 144 valence electrons. The number of amides is 1. The number of hydrogen-bond donors (Lipinski definition) is 1. The van der Waals surface area contributed by atoms with Crippen LogP contribution in [0.4, 0.5) is 11.4 Å². The highest BCUT2D eigenvalue weighted by Gasteiger charge is 2.22. The molecule has 2 aromatic heterocycles. The lowest BCUT2D eigenvalue weighted by Crippen LogP contribution is -2.28. The minimum atomic E-state index is -0.548. The lowest BCUT2D eigenvalue weighted by atomic mass is 10.2. The summed E-state index contributed by atoms with van der Waals surface area (Å²) in [6, 6.07) is 3.89. The number of hydrogen-bond acceptors (Lipinski definition) is 7. The van der Waals surface area contributed by atoms with Gasteiger partial charge in [-0.1, -0.05) is 0 Å². The average molecular weight is 400 g/mol. The first kappa shape index (κ1) is 18.1. The molecule has 0 saturated carbocycles. The Balaban J connectivity index is 1.58. The molecule has 0 bridgehead atoms. The highest BCUT2D eigenvalue weighted by Crippen LogP contribution is 2.34. The first-order chi connectivity index (χ1) is 13.5. The topological polar surface area (TPSA) is 116 Å². The molecule has 0 radical (unpaired) electrons. The number of ether oxygens (including phenoxy) is 1. The van der Waals surface area contributed by atoms with Crippen LogP contribution < -0.4 is 15.6 Å². The molecule has 9 nitrogen and oxygen atoms in total. The van der Waals surface area contributed by atoms with Crippen LogP contribution in [0.2, 0.25) is 0 Å². The number of aromatic nitrogens is 2. The lowest BCUT2D eigenvalue weighted by Gasteiger charge is -2.11.